The maximum absolute atomic E-state index is 11.6. The fraction of sp³-hybridized carbons (Fsp3) is 0.333. The highest BCUT2D eigenvalue weighted by atomic mass is 16.6. The van der Waals surface area contributed by atoms with Gasteiger partial charge in [0.2, 0.25) is 0 Å². The van der Waals surface area contributed by atoms with Crippen molar-refractivity contribution in [1.29, 1.82) is 0 Å². The summed E-state index contributed by atoms with van der Waals surface area (Å²) in [6.07, 6.45) is 1.15. The number of hydrogen-bond donors (Lipinski definition) is 1. The summed E-state index contributed by atoms with van der Waals surface area (Å²) in [5.74, 6) is 0. The average Bonchev–Trinajstić information content (AvgIpc) is 2.51. The Balaban J connectivity index is 2.75. The summed E-state index contributed by atoms with van der Waals surface area (Å²) in [6, 6.07) is 1.26. The number of nitrogens with zero attached hydrogens (tertiary/aromatic N) is 3. The predicted octanol–water partition coefficient (Wildman–Crippen LogP) is 1.21. The van der Waals surface area contributed by atoms with Crippen molar-refractivity contribution < 1.29 is 4.92 Å². The molecule has 0 saturated heterocycles. The molecule has 0 saturated carbocycles. The third kappa shape index (κ3) is 1.46. The maximum Gasteiger partial charge on any atom is 0.327 e. The van der Waals surface area contributed by atoms with Gasteiger partial charge >= 0.3 is 5.69 Å². The van der Waals surface area contributed by atoms with Crippen LogP contribution < -0.4 is 5.69 Å². The van der Waals surface area contributed by atoms with Crippen molar-refractivity contribution in [3.8, 4) is 0 Å². The molecule has 2 heterocycles. The van der Waals surface area contributed by atoms with Crippen LogP contribution in [-0.2, 0) is 0 Å². The van der Waals surface area contributed by atoms with Gasteiger partial charge in [0, 0.05) is 12.1 Å². The van der Waals surface area contributed by atoms with Gasteiger partial charge in [-0.3, -0.25) is 14.7 Å². The van der Waals surface area contributed by atoms with Gasteiger partial charge in [-0.2, -0.15) is 0 Å². The lowest BCUT2D eigenvalue weighted by Gasteiger charge is -2.04. The van der Waals surface area contributed by atoms with E-state index < -0.39 is 4.92 Å². The molecule has 0 atom stereocenters. The minimum absolute atomic E-state index is 0.0461. The standard InChI is InChI=1S/C9H10N4O3/c1-5(2)12-8-7(11-9(12)14)3-6(4-10-8)13(15)16/h3-5H,1-2H3,(H,11,14). The number of nitrogens with one attached hydrogen (secondary N) is 1. The summed E-state index contributed by atoms with van der Waals surface area (Å²) >= 11 is 0. The van der Waals surface area contributed by atoms with Crippen molar-refractivity contribution in [3.63, 3.8) is 0 Å². The molecule has 0 aliphatic carbocycles. The first-order valence-electron chi connectivity index (χ1n) is 4.75. The lowest BCUT2D eigenvalue weighted by molar-refractivity contribution is -0.385. The summed E-state index contributed by atoms with van der Waals surface area (Å²) in [7, 11) is 0. The summed E-state index contributed by atoms with van der Waals surface area (Å²) in [6.45, 7) is 3.69. The van der Waals surface area contributed by atoms with Gasteiger partial charge in [0.1, 0.15) is 6.20 Å². The molecule has 0 amide bonds. The molecule has 16 heavy (non-hydrogen) atoms. The molecule has 7 nitrogen and oxygen atoms in total. The number of nitro groups is 1. The van der Waals surface area contributed by atoms with E-state index in [1.165, 1.54) is 10.6 Å². The SMILES string of the molecule is CC(C)n1c(=O)[nH]c2cc([N+](=O)[O-])cnc21. The Morgan fingerprint density at radius 3 is 2.81 bits per heavy atom. The fourth-order valence-corrected chi connectivity index (χ4v) is 1.58. The molecule has 1 N–H and O–H groups in total. The van der Waals surface area contributed by atoms with E-state index in [1.807, 2.05) is 13.8 Å². The number of aromatic nitrogens is 3. The molecule has 2 aromatic rings. The molecule has 0 unspecified atom stereocenters. The second-order valence-corrected chi connectivity index (χ2v) is 3.72. The van der Waals surface area contributed by atoms with Crippen molar-refractivity contribution in [3.05, 3.63) is 32.9 Å². The molecule has 0 fully saturated rings. The van der Waals surface area contributed by atoms with Crippen LogP contribution in [0.2, 0.25) is 0 Å². The molecular formula is C9H10N4O3. The molecule has 2 aromatic heterocycles. The van der Waals surface area contributed by atoms with E-state index in [2.05, 4.69) is 9.97 Å². The second-order valence-electron chi connectivity index (χ2n) is 3.72. The topological polar surface area (TPSA) is 93.8 Å². The zero-order valence-electron chi connectivity index (χ0n) is 8.80. The van der Waals surface area contributed by atoms with Crippen LogP contribution in [0.1, 0.15) is 19.9 Å². The van der Waals surface area contributed by atoms with Crippen molar-refractivity contribution in [1.82, 2.24) is 14.5 Å². The second kappa shape index (κ2) is 3.44. The van der Waals surface area contributed by atoms with Crippen LogP contribution in [0.3, 0.4) is 0 Å². The molecule has 84 valence electrons. The van der Waals surface area contributed by atoms with Crippen LogP contribution >= 0.6 is 0 Å². The number of H-pyrrole nitrogens is 1. The third-order valence-electron chi connectivity index (χ3n) is 2.27. The zero-order chi connectivity index (χ0) is 11.9. The van der Waals surface area contributed by atoms with Gasteiger partial charge in [-0.1, -0.05) is 0 Å². The molecule has 0 bridgehead atoms. The molecule has 0 aliphatic heterocycles. The minimum Gasteiger partial charge on any atom is -0.304 e. The molecule has 0 aliphatic rings. The Hall–Kier alpha value is -2.18. The van der Waals surface area contributed by atoms with E-state index in [0.717, 1.165) is 6.20 Å². The van der Waals surface area contributed by atoms with E-state index in [1.54, 1.807) is 0 Å². The molecule has 0 radical (unpaired) electrons. The Labute approximate surface area is 89.9 Å². The van der Waals surface area contributed by atoms with Gasteiger partial charge in [0.15, 0.2) is 5.65 Å². The van der Waals surface area contributed by atoms with E-state index in [0.29, 0.717) is 11.2 Å². The molecule has 2 rings (SSSR count). The smallest absolute Gasteiger partial charge is 0.304 e. The number of fused-ring (bicyclic) bond motifs is 1. The molecule has 0 spiro atoms. The lowest BCUT2D eigenvalue weighted by atomic mass is 10.3. The third-order valence-corrected chi connectivity index (χ3v) is 2.27. The normalized spacial score (nSPS) is 11.2. The summed E-state index contributed by atoms with van der Waals surface area (Å²) in [5.41, 5.74) is 0.376. The molecular weight excluding hydrogens is 212 g/mol. The fourth-order valence-electron chi connectivity index (χ4n) is 1.58. The Bertz CT molecular complexity index is 611. The van der Waals surface area contributed by atoms with Gasteiger partial charge in [0.25, 0.3) is 5.69 Å². The van der Waals surface area contributed by atoms with Crippen LogP contribution in [0.5, 0.6) is 0 Å². The number of hydrogen-bond acceptors (Lipinski definition) is 4. The van der Waals surface area contributed by atoms with E-state index in [4.69, 9.17) is 0 Å². The number of rotatable bonds is 2. The average molecular weight is 222 g/mol. The lowest BCUT2D eigenvalue weighted by Crippen LogP contribution is -2.18. The predicted molar refractivity (Wildman–Crippen MR) is 57.4 cm³/mol. The van der Waals surface area contributed by atoms with E-state index in [9.17, 15) is 14.9 Å². The van der Waals surface area contributed by atoms with Crippen LogP contribution in [0.4, 0.5) is 5.69 Å². The first-order chi connectivity index (χ1) is 7.50. The highest BCUT2D eigenvalue weighted by Gasteiger charge is 2.14. The Kier molecular flexibility index (Phi) is 2.22. The highest BCUT2D eigenvalue weighted by molar-refractivity contribution is 5.73. The van der Waals surface area contributed by atoms with E-state index >= 15 is 0 Å². The van der Waals surface area contributed by atoms with Crippen molar-refractivity contribution in [2.45, 2.75) is 19.9 Å². The maximum atomic E-state index is 11.6. The molecule has 7 heteroatoms. The Morgan fingerprint density at radius 1 is 1.56 bits per heavy atom. The number of aromatic amines is 1. The highest BCUT2D eigenvalue weighted by Crippen LogP contribution is 2.17. The molecule has 0 aromatic carbocycles. The van der Waals surface area contributed by atoms with Gasteiger partial charge < -0.3 is 4.98 Å². The number of imidazole rings is 1. The zero-order valence-corrected chi connectivity index (χ0v) is 8.80. The van der Waals surface area contributed by atoms with Crippen LogP contribution in [0, 0.1) is 10.1 Å². The van der Waals surface area contributed by atoms with Gasteiger partial charge in [0.05, 0.1) is 10.4 Å². The van der Waals surface area contributed by atoms with Crippen LogP contribution in [0.25, 0.3) is 11.2 Å². The first-order valence-corrected chi connectivity index (χ1v) is 4.75. The summed E-state index contributed by atoms with van der Waals surface area (Å²) in [4.78, 5) is 28.0. The van der Waals surface area contributed by atoms with Gasteiger partial charge in [-0.15, -0.1) is 0 Å². The quantitative estimate of drug-likeness (QED) is 0.610. The Morgan fingerprint density at radius 2 is 2.25 bits per heavy atom. The van der Waals surface area contributed by atoms with Crippen molar-refractivity contribution in [2.75, 3.05) is 0 Å². The van der Waals surface area contributed by atoms with Crippen LogP contribution in [-0.4, -0.2) is 19.5 Å². The van der Waals surface area contributed by atoms with Gasteiger partial charge in [-0.05, 0) is 13.8 Å². The minimum atomic E-state index is -0.544. The monoisotopic (exact) mass is 222 g/mol. The van der Waals surface area contributed by atoms with Crippen molar-refractivity contribution >= 4 is 16.9 Å². The van der Waals surface area contributed by atoms with Crippen LogP contribution in [0.15, 0.2) is 17.1 Å². The van der Waals surface area contributed by atoms with Crippen molar-refractivity contribution in [2.24, 2.45) is 0 Å². The first kappa shape index (κ1) is 10.3. The summed E-state index contributed by atoms with van der Waals surface area (Å²) in [5, 5.41) is 10.5. The summed E-state index contributed by atoms with van der Waals surface area (Å²) < 4.78 is 1.46. The largest absolute Gasteiger partial charge is 0.327 e. The van der Waals surface area contributed by atoms with E-state index in [-0.39, 0.29) is 17.4 Å². The number of pyridine rings is 1. The van der Waals surface area contributed by atoms with Gasteiger partial charge in [-0.25, -0.2) is 9.78 Å².